The van der Waals surface area contributed by atoms with Crippen LogP contribution in [0.25, 0.3) is 75.8 Å². The molecule has 0 aliphatic carbocycles. The van der Waals surface area contributed by atoms with Crippen LogP contribution in [0.1, 0.15) is 0 Å². The van der Waals surface area contributed by atoms with Crippen molar-refractivity contribution in [2.24, 2.45) is 0 Å². The van der Waals surface area contributed by atoms with E-state index in [1.54, 1.807) is 0 Å². The first-order valence-electron chi connectivity index (χ1n) is 17.1. The molecule has 51 heavy (non-hydrogen) atoms. The molecule has 0 spiro atoms. The Labute approximate surface area is 299 Å². The number of fused-ring (bicyclic) bond motifs is 6. The number of hydrogen-bond donors (Lipinski definition) is 0. The van der Waals surface area contributed by atoms with Crippen LogP contribution in [0, 0.1) is 0 Å². The molecule has 2 heterocycles. The summed E-state index contributed by atoms with van der Waals surface area (Å²) in [4.78, 5) is 7.39. The summed E-state index contributed by atoms with van der Waals surface area (Å²) in [6.07, 6.45) is 0. The average molecular weight is 671 g/mol. The Morgan fingerprint density at radius 1 is 0.451 bits per heavy atom. The topological polar surface area (TPSA) is 29.3 Å². The normalized spacial score (nSPS) is 11.5. The van der Waals surface area contributed by atoms with Gasteiger partial charge in [-0.3, -0.25) is 0 Å². The predicted octanol–water partition coefficient (Wildman–Crippen LogP) is 13.8. The van der Waals surface area contributed by atoms with Crippen LogP contribution in [0.4, 0.5) is 17.1 Å². The highest BCUT2D eigenvalue weighted by Crippen LogP contribution is 2.43. The van der Waals surface area contributed by atoms with Crippen molar-refractivity contribution in [2.45, 2.75) is 0 Å². The van der Waals surface area contributed by atoms with Crippen molar-refractivity contribution < 1.29 is 4.42 Å². The number of hydrogen-bond acceptors (Lipinski definition) is 4. The van der Waals surface area contributed by atoms with Crippen molar-refractivity contribution in [3.05, 3.63) is 182 Å². The van der Waals surface area contributed by atoms with Crippen LogP contribution in [0.2, 0.25) is 0 Å². The molecule has 0 bridgehead atoms. The molecule has 8 aromatic carbocycles. The molecule has 10 rings (SSSR count). The van der Waals surface area contributed by atoms with Crippen molar-refractivity contribution in [2.75, 3.05) is 4.90 Å². The first-order valence-corrected chi connectivity index (χ1v) is 17.9. The van der Waals surface area contributed by atoms with E-state index in [0.717, 1.165) is 55.6 Å². The number of benzene rings is 8. The lowest BCUT2D eigenvalue weighted by Gasteiger charge is -2.26. The number of anilines is 3. The first kappa shape index (κ1) is 29.4. The zero-order chi connectivity index (χ0) is 33.7. The fraction of sp³-hybridized carbons (Fsp3) is 0. The smallest absolute Gasteiger partial charge is 0.227 e. The summed E-state index contributed by atoms with van der Waals surface area (Å²) in [5, 5.41) is 4.82. The molecule has 0 unspecified atom stereocenters. The number of nitrogens with zero attached hydrogens (tertiary/aromatic N) is 2. The van der Waals surface area contributed by atoms with Gasteiger partial charge in [-0.25, -0.2) is 4.98 Å². The van der Waals surface area contributed by atoms with Gasteiger partial charge in [-0.1, -0.05) is 121 Å². The highest BCUT2D eigenvalue weighted by atomic mass is 32.1. The van der Waals surface area contributed by atoms with Gasteiger partial charge in [0.15, 0.2) is 5.58 Å². The molecular formula is C47H30N2OS. The van der Waals surface area contributed by atoms with Crippen LogP contribution in [-0.4, -0.2) is 4.98 Å². The zero-order valence-electron chi connectivity index (χ0n) is 27.5. The highest BCUT2D eigenvalue weighted by Gasteiger charge is 2.18. The third-order valence-corrected chi connectivity index (χ3v) is 10.8. The fourth-order valence-corrected chi connectivity index (χ4v) is 8.39. The minimum atomic E-state index is 0.632. The molecule has 0 saturated carbocycles. The van der Waals surface area contributed by atoms with E-state index in [1.807, 2.05) is 47.7 Å². The zero-order valence-corrected chi connectivity index (χ0v) is 28.3. The lowest BCUT2D eigenvalue weighted by Crippen LogP contribution is -2.09. The number of aromatic nitrogens is 1. The molecular weight excluding hydrogens is 641 g/mol. The molecule has 0 N–H and O–H groups in total. The average Bonchev–Trinajstić information content (AvgIpc) is 3.81. The second-order valence-electron chi connectivity index (χ2n) is 12.8. The van der Waals surface area contributed by atoms with Crippen molar-refractivity contribution in [1.29, 1.82) is 0 Å². The molecule has 0 aliphatic heterocycles. The van der Waals surface area contributed by atoms with Crippen molar-refractivity contribution in [3.8, 4) is 33.7 Å². The van der Waals surface area contributed by atoms with Gasteiger partial charge in [-0.2, -0.15) is 0 Å². The van der Waals surface area contributed by atoms with Gasteiger partial charge in [-0.05, 0) is 88.3 Å². The van der Waals surface area contributed by atoms with E-state index in [4.69, 9.17) is 9.40 Å². The molecule has 0 saturated heterocycles. The minimum absolute atomic E-state index is 0.632. The molecule has 240 valence electrons. The summed E-state index contributed by atoms with van der Waals surface area (Å²) < 4.78 is 8.86. The summed E-state index contributed by atoms with van der Waals surface area (Å²) >= 11 is 1.85. The Kier molecular flexibility index (Phi) is 7.00. The predicted molar refractivity (Wildman–Crippen MR) is 215 cm³/mol. The Hall–Kier alpha value is -6.49. The lowest BCUT2D eigenvalue weighted by atomic mass is 9.97. The van der Waals surface area contributed by atoms with Gasteiger partial charge in [0.1, 0.15) is 5.52 Å². The second kappa shape index (κ2) is 12.1. The van der Waals surface area contributed by atoms with Gasteiger partial charge in [0.2, 0.25) is 5.89 Å². The Balaban J connectivity index is 1.11. The van der Waals surface area contributed by atoms with E-state index < -0.39 is 0 Å². The van der Waals surface area contributed by atoms with Crippen LogP contribution < -0.4 is 4.90 Å². The van der Waals surface area contributed by atoms with E-state index in [2.05, 4.69) is 150 Å². The fourth-order valence-electron chi connectivity index (χ4n) is 7.25. The maximum Gasteiger partial charge on any atom is 0.227 e. The summed E-state index contributed by atoms with van der Waals surface area (Å²) in [7, 11) is 0. The molecule has 3 nitrogen and oxygen atoms in total. The second-order valence-corrected chi connectivity index (χ2v) is 13.9. The highest BCUT2D eigenvalue weighted by molar-refractivity contribution is 7.25. The van der Waals surface area contributed by atoms with E-state index in [0.29, 0.717) is 5.89 Å². The third-order valence-electron chi connectivity index (χ3n) is 9.69. The Morgan fingerprint density at radius 3 is 1.98 bits per heavy atom. The molecule has 0 aliphatic rings. The standard InChI is InChI=1S/C47H30N2OS/c1-3-11-31(12-4-1)35-16-9-17-37(29-35)49(38-26-27-41-40-18-7-8-20-43(40)51-44(41)30-38)36-24-21-32(22-25-36)39-19-10-15-33-23-28-42-46(45(33)39)48-47(50-42)34-13-5-2-6-14-34/h1-30H. The molecule has 4 heteroatoms. The molecule has 0 atom stereocenters. The van der Waals surface area contributed by atoms with E-state index in [1.165, 1.54) is 31.3 Å². The van der Waals surface area contributed by atoms with Crippen molar-refractivity contribution in [1.82, 2.24) is 4.98 Å². The van der Waals surface area contributed by atoms with Gasteiger partial charge in [0, 0.05) is 48.2 Å². The number of thiophene rings is 1. The lowest BCUT2D eigenvalue weighted by molar-refractivity contribution is 0.620. The van der Waals surface area contributed by atoms with Crippen molar-refractivity contribution >= 4 is 70.4 Å². The maximum absolute atomic E-state index is 6.28. The molecule has 10 aromatic rings. The molecule has 0 amide bonds. The number of rotatable bonds is 6. The van der Waals surface area contributed by atoms with E-state index >= 15 is 0 Å². The SMILES string of the molecule is c1ccc(-c2cccc(N(c3ccc(-c4cccc5ccc6oc(-c7ccccc7)nc6c45)cc3)c3ccc4c(c3)sc3ccccc34)c2)cc1. The monoisotopic (exact) mass is 670 g/mol. The van der Waals surface area contributed by atoms with Gasteiger partial charge in [-0.15, -0.1) is 11.3 Å². The molecule has 0 radical (unpaired) electrons. The summed E-state index contributed by atoms with van der Waals surface area (Å²) in [6.45, 7) is 0. The maximum atomic E-state index is 6.28. The minimum Gasteiger partial charge on any atom is -0.436 e. The molecule has 0 fully saturated rings. The summed E-state index contributed by atoms with van der Waals surface area (Å²) in [5.74, 6) is 0.632. The largest absolute Gasteiger partial charge is 0.436 e. The van der Waals surface area contributed by atoms with Gasteiger partial charge < -0.3 is 9.32 Å². The van der Waals surface area contributed by atoms with Gasteiger partial charge in [0.25, 0.3) is 0 Å². The number of oxazole rings is 1. The van der Waals surface area contributed by atoms with E-state index in [-0.39, 0.29) is 0 Å². The van der Waals surface area contributed by atoms with Gasteiger partial charge >= 0.3 is 0 Å². The third kappa shape index (κ3) is 5.16. The van der Waals surface area contributed by atoms with Crippen LogP contribution in [0.15, 0.2) is 186 Å². The summed E-state index contributed by atoms with van der Waals surface area (Å²) in [5.41, 5.74) is 10.6. The van der Waals surface area contributed by atoms with Crippen LogP contribution in [-0.2, 0) is 0 Å². The summed E-state index contributed by atoms with van der Waals surface area (Å²) in [6, 6.07) is 64.6. The Morgan fingerprint density at radius 2 is 1.14 bits per heavy atom. The van der Waals surface area contributed by atoms with Crippen molar-refractivity contribution in [3.63, 3.8) is 0 Å². The van der Waals surface area contributed by atoms with Crippen LogP contribution in [0.5, 0.6) is 0 Å². The Bertz CT molecular complexity index is 2850. The van der Waals surface area contributed by atoms with E-state index in [9.17, 15) is 0 Å². The van der Waals surface area contributed by atoms with Crippen LogP contribution >= 0.6 is 11.3 Å². The quantitative estimate of drug-likeness (QED) is 0.176. The molecule has 2 aromatic heterocycles. The first-order chi connectivity index (χ1) is 25.3. The van der Waals surface area contributed by atoms with Gasteiger partial charge in [0.05, 0.1) is 0 Å². The van der Waals surface area contributed by atoms with Crippen LogP contribution in [0.3, 0.4) is 0 Å².